The first kappa shape index (κ1) is 13.5. The summed E-state index contributed by atoms with van der Waals surface area (Å²) in [7, 11) is 0. The van der Waals surface area contributed by atoms with Gasteiger partial charge in [-0.2, -0.15) is 0 Å². The van der Waals surface area contributed by atoms with Crippen molar-refractivity contribution in [3.05, 3.63) is 34.9 Å². The van der Waals surface area contributed by atoms with Crippen LogP contribution in [0.15, 0.2) is 24.3 Å². The van der Waals surface area contributed by atoms with Crippen LogP contribution in [0, 0.1) is 0 Å². The van der Waals surface area contributed by atoms with Gasteiger partial charge in [0, 0.05) is 11.6 Å². The maximum atomic E-state index is 9.49. The van der Waals surface area contributed by atoms with Crippen LogP contribution in [0.3, 0.4) is 0 Å². The van der Waals surface area contributed by atoms with E-state index in [0.717, 1.165) is 17.1 Å². The highest BCUT2D eigenvalue weighted by atomic mass is 35.5. The number of rotatable bonds is 7. The lowest BCUT2D eigenvalue weighted by Crippen LogP contribution is -2.30. The van der Waals surface area contributed by atoms with Crippen molar-refractivity contribution in [1.82, 2.24) is 5.32 Å². The number of hydrogen-bond acceptors (Lipinski definition) is 3. The van der Waals surface area contributed by atoms with E-state index in [9.17, 15) is 5.11 Å². The zero-order valence-electron chi connectivity index (χ0n) is 9.45. The monoisotopic (exact) mass is 243 g/mol. The Morgan fingerprint density at radius 2 is 2.06 bits per heavy atom. The van der Waals surface area contributed by atoms with Crippen molar-refractivity contribution < 1.29 is 9.84 Å². The molecule has 0 spiro atoms. The summed E-state index contributed by atoms with van der Waals surface area (Å²) in [5.74, 6) is 0. The van der Waals surface area contributed by atoms with Gasteiger partial charge in [0.2, 0.25) is 0 Å². The first-order valence-electron chi connectivity index (χ1n) is 5.43. The Balaban J connectivity index is 2.17. The van der Waals surface area contributed by atoms with Crippen LogP contribution in [-0.2, 0) is 11.3 Å². The SMILES string of the molecule is CCNCC(O)COCc1ccc(Cl)cc1. The number of aliphatic hydroxyl groups excluding tert-OH is 1. The van der Waals surface area contributed by atoms with E-state index < -0.39 is 6.10 Å². The van der Waals surface area contributed by atoms with Gasteiger partial charge in [-0.1, -0.05) is 30.7 Å². The normalized spacial score (nSPS) is 12.7. The third-order valence-corrected chi connectivity index (χ3v) is 2.37. The molecule has 1 unspecified atom stereocenters. The highest BCUT2D eigenvalue weighted by Crippen LogP contribution is 2.10. The topological polar surface area (TPSA) is 41.5 Å². The molecule has 3 nitrogen and oxygen atoms in total. The van der Waals surface area contributed by atoms with Crippen LogP contribution >= 0.6 is 11.6 Å². The average molecular weight is 244 g/mol. The fourth-order valence-corrected chi connectivity index (χ4v) is 1.39. The molecule has 0 amide bonds. The maximum Gasteiger partial charge on any atom is 0.0897 e. The lowest BCUT2D eigenvalue weighted by Gasteiger charge is -2.11. The highest BCUT2D eigenvalue weighted by molar-refractivity contribution is 6.30. The Labute approximate surface area is 101 Å². The summed E-state index contributed by atoms with van der Waals surface area (Å²) in [6.07, 6.45) is -0.452. The summed E-state index contributed by atoms with van der Waals surface area (Å²) in [4.78, 5) is 0. The average Bonchev–Trinajstić information content (AvgIpc) is 2.29. The molecule has 0 fully saturated rings. The predicted octanol–water partition coefficient (Wildman–Crippen LogP) is 1.83. The number of hydrogen-bond donors (Lipinski definition) is 2. The molecule has 4 heteroatoms. The Kier molecular flexibility index (Phi) is 6.42. The summed E-state index contributed by atoms with van der Waals surface area (Å²) in [6.45, 7) is 4.27. The molecular weight excluding hydrogens is 226 g/mol. The molecule has 1 aromatic carbocycles. The molecular formula is C12H18ClNO2. The van der Waals surface area contributed by atoms with Gasteiger partial charge in [-0.05, 0) is 24.2 Å². The van der Waals surface area contributed by atoms with E-state index in [1.165, 1.54) is 0 Å². The largest absolute Gasteiger partial charge is 0.389 e. The zero-order chi connectivity index (χ0) is 11.8. The molecule has 0 saturated heterocycles. The second kappa shape index (κ2) is 7.63. The van der Waals surface area contributed by atoms with Crippen molar-refractivity contribution in [1.29, 1.82) is 0 Å². The number of halogens is 1. The summed E-state index contributed by atoms with van der Waals surface area (Å²) < 4.78 is 5.39. The van der Waals surface area contributed by atoms with Crippen LogP contribution in [-0.4, -0.2) is 30.9 Å². The second-order valence-corrected chi connectivity index (χ2v) is 4.04. The second-order valence-electron chi connectivity index (χ2n) is 3.60. The molecule has 0 aromatic heterocycles. The minimum absolute atomic E-state index is 0.343. The molecule has 0 saturated carbocycles. The summed E-state index contributed by atoms with van der Waals surface area (Å²) >= 11 is 5.76. The van der Waals surface area contributed by atoms with Crippen LogP contribution in [0.4, 0.5) is 0 Å². The highest BCUT2D eigenvalue weighted by Gasteiger charge is 2.02. The van der Waals surface area contributed by atoms with Gasteiger partial charge in [0.15, 0.2) is 0 Å². The summed E-state index contributed by atoms with van der Waals surface area (Å²) in [5, 5.41) is 13.3. The number of ether oxygens (including phenoxy) is 1. The fourth-order valence-electron chi connectivity index (χ4n) is 1.26. The summed E-state index contributed by atoms with van der Waals surface area (Å²) in [6, 6.07) is 7.49. The van der Waals surface area contributed by atoms with Gasteiger partial charge < -0.3 is 15.2 Å². The molecule has 0 aliphatic carbocycles. The molecule has 0 heterocycles. The Hall–Kier alpha value is -0.610. The molecule has 2 N–H and O–H groups in total. The van der Waals surface area contributed by atoms with Gasteiger partial charge in [-0.3, -0.25) is 0 Å². The molecule has 16 heavy (non-hydrogen) atoms. The molecule has 90 valence electrons. The van der Waals surface area contributed by atoms with E-state index in [-0.39, 0.29) is 0 Å². The molecule has 1 rings (SSSR count). The maximum absolute atomic E-state index is 9.49. The zero-order valence-corrected chi connectivity index (χ0v) is 10.2. The predicted molar refractivity (Wildman–Crippen MR) is 65.7 cm³/mol. The van der Waals surface area contributed by atoms with Gasteiger partial charge in [0.1, 0.15) is 0 Å². The van der Waals surface area contributed by atoms with Gasteiger partial charge in [0.25, 0.3) is 0 Å². The van der Waals surface area contributed by atoms with Crippen LogP contribution in [0.5, 0.6) is 0 Å². The van der Waals surface area contributed by atoms with E-state index in [1.54, 1.807) is 0 Å². The summed E-state index contributed by atoms with van der Waals surface area (Å²) in [5.41, 5.74) is 1.06. The lowest BCUT2D eigenvalue weighted by atomic mass is 10.2. The van der Waals surface area contributed by atoms with E-state index in [2.05, 4.69) is 5.32 Å². The van der Waals surface area contributed by atoms with Crippen molar-refractivity contribution >= 4 is 11.6 Å². The van der Waals surface area contributed by atoms with Crippen molar-refractivity contribution in [3.63, 3.8) is 0 Å². The van der Waals surface area contributed by atoms with E-state index in [1.807, 2.05) is 31.2 Å². The van der Waals surface area contributed by atoms with Crippen molar-refractivity contribution in [3.8, 4) is 0 Å². The van der Waals surface area contributed by atoms with E-state index in [0.29, 0.717) is 19.8 Å². The van der Waals surface area contributed by atoms with Crippen molar-refractivity contribution in [2.45, 2.75) is 19.6 Å². The van der Waals surface area contributed by atoms with Crippen LogP contribution in [0.25, 0.3) is 0 Å². The number of nitrogens with one attached hydrogen (secondary N) is 1. The smallest absolute Gasteiger partial charge is 0.0897 e. The third kappa shape index (κ3) is 5.47. The van der Waals surface area contributed by atoms with Gasteiger partial charge in [-0.25, -0.2) is 0 Å². The first-order valence-corrected chi connectivity index (χ1v) is 5.81. The molecule has 0 radical (unpaired) electrons. The Morgan fingerprint density at radius 3 is 2.69 bits per heavy atom. The number of aliphatic hydroxyl groups is 1. The number of likely N-dealkylation sites (N-methyl/N-ethyl adjacent to an activating group) is 1. The minimum atomic E-state index is -0.452. The fraction of sp³-hybridized carbons (Fsp3) is 0.500. The van der Waals surface area contributed by atoms with Crippen LogP contribution < -0.4 is 5.32 Å². The van der Waals surface area contributed by atoms with Crippen LogP contribution in [0.1, 0.15) is 12.5 Å². The molecule has 0 bridgehead atoms. The molecule has 0 aliphatic heterocycles. The Morgan fingerprint density at radius 1 is 1.38 bits per heavy atom. The Bertz CT molecular complexity index is 290. The quantitative estimate of drug-likeness (QED) is 0.768. The van der Waals surface area contributed by atoms with Crippen molar-refractivity contribution in [2.24, 2.45) is 0 Å². The standard InChI is InChI=1S/C12H18ClNO2/c1-2-14-7-12(15)9-16-8-10-3-5-11(13)6-4-10/h3-6,12,14-15H,2,7-9H2,1H3. The first-order chi connectivity index (χ1) is 7.72. The molecule has 0 aliphatic rings. The van der Waals surface area contributed by atoms with Gasteiger partial charge in [0.05, 0.1) is 19.3 Å². The molecule has 1 aromatic rings. The third-order valence-electron chi connectivity index (χ3n) is 2.12. The lowest BCUT2D eigenvalue weighted by molar-refractivity contribution is 0.0291. The number of benzene rings is 1. The van der Waals surface area contributed by atoms with E-state index in [4.69, 9.17) is 16.3 Å². The minimum Gasteiger partial charge on any atom is -0.389 e. The van der Waals surface area contributed by atoms with E-state index >= 15 is 0 Å². The van der Waals surface area contributed by atoms with Crippen molar-refractivity contribution in [2.75, 3.05) is 19.7 Å². The van der Waals surface area contributed by atoms with Gasteiger partial charge >= 0.3 is 0 Å². The van der Waals surface area contributed by atoms with Gasteiger partial charge in [-0.15, -0.1) is 0 Å². The van der Waals surface area contributed by atoms with Crippen LogP contribution in [0.2, 0.25) is 5.02 Å². The molecule has 1 atom stereocenters.